The van der Waals surface area contributed by atoms with Gasteiger partial charge in [-0.05, 0) is 68.1 Å². The van der Waals surface area contributed by atoms with Crippen LogP contribution in [0.2, 0.25) is 0 Å². The van der Waals surface area contributed by atoms with Crippen LogP contribution >= 0.6 is 0 Å². The van der Waals surface area contributed by atoms with Gasteiger partial charge < -0.3 is 14.8 Å². The predicted molar refractivity (Wildman–Crippen MR) is 125 cm³/mol. The maximum atomic E-state index is 13.0. The number of nitrogens with zero attached hydrogens (tertiary/aromatic N) is 1. The normalized spacial score (nSPS) is 14.5. The highest BCUT2D eigenvalue weighted by molar-refractivity contribution is 7.89. The number of aryl methyl sites for hydroxylation is 1. The molecule has 2 aromatic carbocycles. The fourth-order valence-corrected chi connectivity index (χ4v) is 5.34. The number of hydrogen-bond acceptors (Lipinski definition) is 6. The Bertz CT molecular complexity index is 1090. The lowest BCUT2D eigenvalue weighted by Crippen LogP contribution is -2.35. The van der Waals surface area contributed by atoms with Gasteiger partial charge in [-0.25, -0.2) is 13.2 Å². The van der Waals surface area contributed by atoms with Gasteiger partial charge in [0.1, 0.15) is 5.75 Å². The van der Waals surface area contributed by atoms with Crippen molar-refractivity contribution in [1.82, 2.24) is 4.31 Å². The number of esters is 1. The molecule has 1 N–H and O–H groups in total. The fraction of sp³-hybridized carbons (Fsp3) is 0.417. The molecule has 0 aliphatic carbocycles. The van der Waals surface area contributed by atoms with Gasteiger partial charge in [0.15, 0.2) is 0 Å². The number of rotatable bonds is 9. The highest BCUT2D eigenvalue weighted by atomic mass is 32.2. The summed E-state index contributed by atoms with van der Waals surface area (Å²) in [4.78, 5) is 24.6. The van der Waals surface area contributed by atoms with Gasteiger partial charge in [-0.1, -0.05) is 12.5 Å². The van der Waals surface area contributed by atoms with E-state index in [1.165, 1.54) is 11.4 Å². The van der Waals surface area contributed by atoms with Crippen LogP contribution in [0.25, 0.3) is 0 Å². The van der Waals surface area contributed by atoms with E-state index in [4.69, 9.17) is 9.47 Å². The van der Waals surface area contributed by atoms with Gasteiger partial charge in [0.05, 0.1) is 24.2 Å². The standard InChI is InChI=1S/C24H30N2O6S/c1-3-32-24(28)19-8-7-9-20(16-19)25-23(27)13-10-18-17-21(11-12-22(18)31-2)33(29,30)26-14-5-4-6-15-26/h7-9,11-12,16-17H,3-6,10,13-15H2,1-2H3,(H,25,27). The molecule has 0 aromatic heterocycles. The van der Waals surface area contributed by atoms with Crippen LogP contribution in [-0.4, -0.2) is 51.4 Å². The number of carbonyl (C=O) groups excluding carboxylic acids is 2. The van der Waals surface area contributed by atoms with Gasteiger partial charge in [-0.15, -0.1) is 0 Å². The zero-order valence-corrected chi connectivity index (χ0v) is 19.8. The molecule has 1 aliphatic rings. The second-order valence-electron chi connectivity index (χ2n) is 7.79. The van der Waals surface area contributed by atoms with Crippen molar-refractivity contribution in [2.75, 3.05) is 32.1 Å². The van der Waals surface area contributed by atoms with E-state index in [0.29, 0.717) is 42.1 Å². The molecule has 3 rings (SSSR count). The molecule has 1 aliphatic heterocycles. The lowest BCUT2D eigenvalue weighted by atomic mass is 10.1. The number of benzene rings is 2. The average molecular weight is 475 g/mol. The third-order valence-corrected chi connectivity index (χ3v) is 7.38. The van der Waals surface area contributed by atoms with Gasteiger partial charge in [0.2, 0.25) is 15.9 Å². The van der Waals surface area contributed by atoms with E-state index in [9.17, 15) is 18.0 Å². The van der Waals surface area contributed by atoms with Gasteiger partial charge in [0.25, 0.3) is 0 Å². The zero-order chi connectivity index (χ0) is 23.8. The van der Waals surface area contributed by atoms with Crippen molar-refractivity contribution in [2.45, 2.75) is 43.9 Å². The van der Waals surface area contributed by atoms with Gasteiger partial charge in [-0.3, -0.25) is 4.79 Å². The summed E-state index contributed by atoms with van der Waals surface area (Å²) >= 11 is 0. The van der Waals surface area contributed by atoms with Crippen LogP contribution in [0.4, 0.5) is 5.69 Å². The zero-order valence-electron chi connectivity index (χ0n) is 19.0. The first-order valence-corrected chi connectivity index (χ1v) is 12.5. The number of nitrogens with one attached hydrogen (secondary N) is 1. The van der Waals surface area contributed by atoms with Gasteiger partial charge in [-0.2, -0.15) is 4.31 Å². The Balaban J connectivity index is 1.69. The Kier molecular flexibility index (Phi) is 8.46. The van der Waals surface area contributed by atoms with E-state index in [-0.39, 0.29) is 23.8 Å². The fourth-order valence-electron chi connectivity index (χ4n) is 3.78. The molecule has 1 fully saturated rings. The van der Waals surface area contributed by atoms with Gasteiger partial charge >= 0.3 is 5.97 Å². The Morgan fingerprint density at radius 3 is 2.52 bits per heavy atom. The van der Waals surface area contributed by atoms with Crippen molar-refractivity contribution < 1.29 is 27.5 Å². The number of methoxy groups -OCH3 is 1. The van der Waals surface area contributed by atoms with Crippen LogP contribution in [0.3, 0.4) is 0 Å². The average Bonchev–Trinajstić information content (AvgIpc) is 2.83. The molecule has 0 atom stereocenters. The molecule has 2 aromatic rings. The maximum absolute atomic E-state index is 13.0. The summed E-state index contributed by atoms with van der Waals surface area (Å²) in [5, 5.41) is 2.77. The summed E-state index contributed by atoms with van der Waals surface area (Å²) in [5.74, 6) is -0.183. The summed E-state index contributed by atoms with van der Waals surface area (Å²) in [6.07, 6.45) is 3.18. The maximum Gasteiger partial charge on any atom is 0.338 e. The Morgan fingerprint density at radius 1 is 1.06 bits per heavy atom. The van der Waals surface area contributed by atoms with E-state index in [1.54, 1.807) is 49.4 Å². The Labute approximate surface area is 194 Å². The SMILES string of the molecule is CCOC(=O)c1cccc(NC(=O)CCc2cc(S(=O)(=O)N3CCCCC3)ccc2OC)c1. The number of piperidine rings is 1. The number of anilines is 1. The van der Waals surface area contributed by atoms with Crippen LogP contribution < -0.4 is 10.1 Å². The largest absolute Gasteiger partial charge is 0.496 e. The first-order chi connectivity index (χ1) is 15.8. The van der Waals surface area contributed by atoms with Crippen molar-refractivity contribution in [3.05, 3.63) is 53.6 Å². The highest BCUT2D eigenvalue weighted by Gasteiger charge is 2.26. The lowest BCUT2D eigenvalue weighted by molar-refractivity contribution is -0.116. The lowest BCUT2D eigenvalue weighted by Gasteiger charge is -2.26. The summed E-state index contributed by atoms with van der Waals surface area (Å²) < 4.78 is 37.9. The van der Waals surface area contributed by atoms with E-state index in [2.05, 4.69) is 5.32 Å². The van der Waals surface area contributed by atoms with Crippen LogP contribution in [-0.2, 0) is 26.0 Å². The number of hydrogen-bond donors (Lipinski definition) is 1. The van der Waals surface area contributed by atoms with E-state index in [0.717, 1.165) is 19.3 Å². The van der Waals surface area contributed by atoms with E-state index >= 15 is 0 Å². The van der Waals surface area contributed by atoms with Crippen LogP contribution in [0.15, 0.2) is 47.4 Å². The number of ether oxygens (including phenoxy) is 2. The third kappa shape index (κ3) is 6.33. The Morgan fingerprint density at radius 2 is 1.82 bits per heavy atom. The minimum atomic E-state index is -3.58. The molecule has 1 heterocycles. The van der Waals surface area contributed by atoms with E-state index < -0.39 is 16.0 Å². The monoisotopic (exact) mass is 474 g/mol. The highest BCUT2D eigenvalue weighted by Crippen LogP contribution is 2.27. The van der Waals surface area contributed by atoms with Gasteiger partial charge in [0, 0.05) is 25.2 Å². The molecular weight excluding hydrogens is 444 g/mol. The molecule has 0 unspecified atom stereocenters. The first-order valence-electron chi connectivity index (χ1n) is 11.1. The van der Waals surface area contributed by atoms with Crippen LogP contribution in [0.5, 0.6) is 5.75 Å². The molecule has 0 spiro atoms. The number of amides is 1. The molecular formula is C24H30N2O6S. The van der Waals surface area contributed by atoms with Crippen LogP contribution in [0, 0.1) is 0 Å². The predicted octanol–water partition coefficient (Wildman–Crippen LogP) is 3.62. The second kappa shape index (κ2) is 11.3. The molecule has 178 valence electrons. The van der Waals surface area contributed by atoms with Crippen molar-refractivity contribution in [3.63, 3.8) is 0 Å². The third-order valence-electron chi connectivity index (χ3n) is 5.48. The summed E-state index contributed by atoms with van der Waals surface area (Å²) in [6, 6.07) is 11.3. The minimum Gasteiger partial charge on any atom is -0.496 e. The summed E-state index contributed by atoms with van der Waals surface area (Å²) in [6.45, 7) is 3.04. The van der Waals surface area contributed by atoms with Crippen molar-refractivity contribution in [1.29, 1.82) is 0 Å². The second-order valence-corrected chi connectivity index (χ2v) is 9.73. The topological polar surface area (TPSA) is 102 Å². The van der Waals surface area contributed by atoms with Crippen molar-refractivity contribution >= 4 is 27.6 Å². The molecule has 0 radical (unpaired) electrons. The molecule has 0 saturated carbocycles. The number of carbonyl (C=O) groups is 2. The molecule has 9 heteroatoms. The first kappa shape index (κ1) is 24.7. The van der Waals surface area contributed by atoms with Crippen LogP contribution in [0.1, 0.15) is 48.5 Å². The smallest absolute Gasteiger partial charge is 0.338 e. The molecule has 33 heavy (non-hydrogen) atoms. The molecule has 0 bridgehead atoms. The van der Waals surface area contributed by atoms with Crippen molar-refractivity contribution in [3.8, 4) is 5.75 Å². The molecule has 1 amide bonds. The molecule has 1 saturated heterocycles. The summed E-state index contributed by atoms with van der Waals surface area (Å²) in [5.41, 5.74) is 1.48. The molecule has 8 nitrogen and oxygen atoms in total. The van der Waals surface area contributed by atoms with E-state index in [1.807, 2.05) is 0 Å². The quantitative estimate of drug-likeness (QED) is 0.557. The number of sulfonamides is 1. The van der Waals surface area contributed by atoms with Crippen molar-refractivity contribution in [2.24, 2.45) is 0 Å². The Hall–Kier alpha value is -2.91. The summed E-state index contributed by atoms with van der Waals surface area (Å²) in [7, 11) is -2.07. The minimum absolute atomic E-state index is 0.118.